The minimum absolute atomic E-state index is 0.109. The number of pyridine rings is 1. The number of nitro benzene ring substituents is 1. The van der Waals surface area contributed by atoms with E-state index >= 15 is 0 Å². The third-order valence-corrected chi connectivity index (χ3v) is 2.75. The zero-order chi connectivity index (χ0) is 14.0. The van der Waals surface area contributed by atoms with Gasteiger partial charge in [-0.05, 0) is 36.2 Å². The van der Waals surface area contributed by atoms with Gasteiger partial charge in [-0.25, -0.2) is 4.79 Å². The molecule has 0 aliphatic carbocycles. The zero-order valence-electron chi connectivity index (χ0n) is 10.0. The van der Waals surface area contributed by atoms with E-state index < -0.39 is 10.9 Å². The summed E-state index contributed by atoms with van der Waals surface area (Å²) in [4.78, 5) is 25.3. The summed E-state index contributed by atoms with van der Waals surface area (Å²) in [6, 6.07) is 5.53. The predicted octanol–water partition coefficient (Wildman–Crippen LogP) is 2.66. The van der Waals surface area contributed by atoms with Crippen LogP contribution in [0.2, 0.25) is 0 Å². The maximum absolute atomic E-state index is 11.1. The molecule has 1 aromatic carbocycles. The lowest BCUT2D eigenvalue weighted by Crippen LogP contribution is -2.00. The van der Waals surface area contributed by atoms with E-state index in [0.29, 0.717) is 11.1 Å². The second-order valence-corrected chi connectivity index (χ2v) is 3.98. The molecule has 1 heterocycles. The number of aryl methyl sites for hydroxylation is 1. The lowest BCUT2D eigenvalue weighted by molar-refractivity contribution is -0.384. The normalized spacial score (nSPS) is 10.2. The Bertz CT molecular complexity index is 667. The smallest absolute Gasteiger partial charge is 0.335 e. The van der Waals surface area contributed by atoms with Crippen LogP contribution in [0.1, 0.15) is 15.9 Å². The Morgan fingerprint density at radius 2 is 2.05 bits per heavy atom. The highest BCUT2D eigenvalue weighted by Crippen LogP contribution is 2.32. The SMILES string of the molecule is Cc1cnccc1-c1ccc(C(=O)O)cc1[N+](=O)[O-]. The third-order valence-electron chi connectivity index (χ3n) is 2.75. The highest BCUT2D eigenvalue weighted by atomic mass is 16.6. The first-order valence-electron chi connectivity index (χ1n) is 5.43. The van der Waals surface area contributed by atoms with Gasteiger partial charge < -0.3 is 5.11 Å². The molecular weight excluding hydrogens is 248 g/mol. The van der Waals surface area contributed by atoms with E-state index in [1.807, 2.05) is 0 Å². The highest BCUT2D eigenvalue weighted by molar-refractivity contribution is 5.90. The quantitative estimate of drug-likeness (QED) is 0.674. The van der Waals surface area contributed by atoms with Gasteiger partial charge in [-0.15, -0.1) is 0 Å². The van der Waals surface area contributed by atoms with Crippen molar-refractivity contribution in [1.82, 2.24) is 4.98 Å². The lowest BCUT2D eigenvalue weighted by Gasteiger charge is -2.06. The van der Waals surface area contributed by atoms with E-state index in [4.69, 9.17) is 5.11 Å². The maximum Gasteiger partial charge on any atom is 0.335 e. The molecule has 2 aromatic rings. The zero-order valence-corrected chi connectivity index (χ0v) is 10.0. The Morgan fingerprint density at radius 3 is 2.63 bits per heavy atom. The molecule has 0 aliphatic rings. The summed E-state index contributed by atoms with van der Waals surface area (Å²) in [5, 5.41) is 20.0. The van der Waals surface area contributed by atoms with Crippen LogP contribution in [0.5, 0.6) is 0 Å². The van der Waals surface area contributed by atoms with Gasteiger partial charge in [0.15, 0.2) is 0 Å². The number of hydrogen-bond donors (Lipinski definition) is 1. The van der Waals surface area contributed by atoms with Crippen molar-refractivity contribution in [2.45, 2.75) is 6.92 Å². The van der Waals surface area contributed by atoms with Gasteiger partial charge in [-0.3, -0.25) is 15.1 Å². The molecule has 0 aliphatic heterocycles. The highest BCUT2D eigenvalue weighted by Gasteiger charge is 2.19. The van der Waals surface area contributed by atoms with Gasteiger partial charge in [0.25, 0.3) is 5.69 Å². The fourth-order valence-corrected chi connectivity index (χ4v) is 1.82. The van der Waals surface area contributed by atoms with Gasteiger partial charge in [-0.1, -0.05) is 0 Å². The van der Waals surface area contributed by atoms with Crippen LogP contribution in [-0.4, -0.2) is 21.0 Å². The van der Waals surface area contributed by atoms with Crippen LogP contribution in [-0.2, 0) is 0 Å². The number of rotatable bonds is 3. The second kappa shape index (κ2) is 4.85. The van der Waals surface area contributed by atoms with Crippen LogP contribution >= 0.6 is 0 Å². The van der Waals surface area contributed by atoms with E-state index in [1.165, 1.54) is 18.3 Å². The first-order chi connectivity index (χ1) is 9.00. The van der Waals surface area contributed by atoms with E-state index in [2.05, 4.69) is 4.98 Å². The van der Waals surface area contributed by atoms with Gasteiger partial charge >= 0.3 is 5.97 Å². The molecular formula is C13H10N2O4. The summed E-state index contributed by atoms with van der Waals surface area (Å²) in [5.41, 5.74) is 1.50. The van der Waals surface area contributed by atoms with Gasteiger partial charge in [0.05, 0.1) is 16.1 Å². The molecule has 0 fully saturated rings. The fraction of sp³-hybridized carbons (Fsp3) is 0.0769. The van der Waals surface area contributed by atoms with Gasteiger partial charge in [0.1, 0.15) is 0 Å². The number of carbonyl (C=O) groups is 1. The van der Waals surface area contributed by atoms with Crippen molar-refractivity contribution in [2.24, 2.45) is 0 Å². The third kappa shape index (κ3) is 2.42. The van der Waals surface area contributed by atoms with Gasteiger partial charge in [0.2, 0.25) is 0 Å². The molecule has 96 valence electrons. The minimum atomic E-state index is -1.19. The Morgan fingerprint density at radius 1 is 1.32 bits per heavy atom. The summed E-state index contributed by atoms with van der Waals surface area (Å²) < 4.78 is 0. The Kier molecular flexibility index (Phi) is 3.24. The minimum Gasteiger partial charge on any atom is -0.478 e. The molecule has 0 unspecified atom stereocenters. The first kappa shape index (κ1) is 12.7. The Hall–Kier alpha value is -2.76. The number of hydrogen-bond acceptors (Lipinski definition) is 4. The number of carboxylic acids is 1. The molecule has 0 spiro atoms. The van der Waals surface area contributed by atoms with Crippen molar-refractivity contribution in [3.8, 4) is 11.1 Å². The number of nitrogens with zero attached hydrogens (tertiary/aromatic N) is 2. The van der Waals surface area contributed by atoms with Crippen LogP contribution in [0.15, 0.2) is 36.7 Å². The second-order valence-electron chi connectivity index (χ2n) is 3.98. The number of carboxylic acid groups (broad SMARTS) is 1. The average molecular weight is 258 g/mol. The molecule has 0 atom stereocenters. The Balaban J connectivity index is 2.67. The predicted molar refractivity (Wildman–Crippen MR) is 68.0 cm³/mol. The van der Waals surface area contributed by atoms with Gasteiger partial charge in [-0.2, -0.15) is 0 Å². The van der Waals surface area contributed by atoms with Crippen molar-refractivity contribution in [3.05, 3.63) is 57.9 Å². The summed E-state index contributed by atoms with van der Waals surface area (Å²) in [7, 11) is 0. The average Bonchev–Trinajstić information content (AvgIpc) is 2.38. The molecule has 0 bridgehead atoms. The molecule has 1 aromatic heterocycles. The van der Waals surface area contributed by atoms with Crippen molar-refractivity contribution in [2.75, 3.05) is 0 Å². The van der Waals surface area contributed by atoms with Crippen molar-refractivity contribution in [1.29, 1.82) is 0 Å². The first-order valence-corrected chi connectivity index (χ1v) is 5.43. The van der Waals surface area contributed by atoms with Crippen LogP contribution in [0, 0.1) is 17.0 Å². The van der Waals surface area contributed by atoms with Crippen LogP contribution in [0.25, 0.3) is 11.1 Å². The summed E-state index contributed by atoms with van der Waals surface area (Å²) in [5.74, 6) is -1.19. The standard InChI is InChI=1S/C13H10N2O4/c1-8-7-14-5-4-10(8)11-3-2-9(13(16)17)6-12(11)15(18)19/h2-7H,1H3,(H,16,17). The molecule has 0 amide bonds. The monoisotopic (exact) mass is 258 g/mol. The topological polar surface area (TPSA) is 93.3 Å². The molecule has 6 nitrogen and oxygen atoms in total. The fourth-order valence-electron chi connectivity index (χ4n) is 1.82. The van der Waals surface area contributed by atoms with Crippen LogP contribution < -0.4 is 0 Å². The molecule has 0 saturated carbocycles. The van der Waals surface area contributed by atoms with Crippen molar-refractivity contribution >= 4 is 11.7 Å². The van der Waals surface area contributed by atoms with Crippen molar-refractivity contribution in [3.63, 3.8) is 0 Å². The van der Waals surface area contributed by atoms with E-state index in [9.17, 15) is 14.9 Å². The number of nitro groups is 1. The molecule has 0 saturated heterocycles. The van der Waals surface area contributed by atoms with Gasteiger partial charge in [0, 0.05) is 18.5 Å². The molecule has 19 heavy (non-hydrogen) atoms. The van der Waals surface area contributed by atoms with Crippen LogP contribution in [0.3, 0.4) is 0 Å². The number of benzene rings is 1. The Labute approximate surface area is 108 Å². The summed E-state index contributed by atoms with van der Waals surface area (Å²) >= 11 is 0. The molecule has 1 N–H and O–H groups in total. The maximum atomic E-state index is 11.1. The van der Waals surface area contributed by atoms with E-state index in [0.717, 1.165) is 11.6 Å². The van der Waals surface area contributed by atoms with E-state index in [1.54, 1.807) is 19.2 Å². The van der Waals surface area contributed by atoms with Crippen molar-refractivity contribution < 1.29 is 14.8 Å². The largest absolute Gasteiger partial charge is 0.478 e. The summed E-state index contributed by atoms with van der Waals surface area (Å²) in [6.45, 7) is 1.79. The lowest BCUT2D eigenvalue weighted by atomic mass is 9.99. The molecule has 6 heteroatoms. The van der Waals surface area contributed by atoms with Crippen LogP contribution in [0.4, 0.5) is 5.69 Å². The summed E-state index contributed by atoms with van der Waals surface area (Å²) in [6.07, 6.45) is 3.14. The number of aromatic carboxylic acids is 1. The molecule has 2 rings (SSSR count). The molecule has 0 radical (unpaired) electrons. The number of aromatic nitrogens is 1. The van der Waals surface area contributed by atoms with E-state index in [-0.39, 0.29) is 11.3 Å².